The summed E-state index contributed by atoms with van der Waals surface area (Å²) >= 11 is 0. The van der Waals surface area contributed by atoms with Crippen LogP contribution in [0.5, 0.6) is 0 Å². The molecule has 2 aliphatic heterocycles. The van der Waals surface area contributed by atoms with Gasteiger partial charge in [-0.2, -0.15) is 0 Å². The molecule has 2 heterocycles. The molecule has 3 heteroatoms. The molecule has 0 bridgehead atoms. The molecule has 0 atom stereocenters. The van der Waals surface area contributed by atoms with Gasteiger partial charge in [0.25, 0.3) is 0 Å². The van der Waals surface area contributed by atoms with Crippen molar-refractivity contribution in [3.05, 3.63) is 72.1 Å². The molecular weight excluding hydrogens is 260 g/mol. The Kier molecular flexibility index (Phi) is 2.75. The van der Waals surface area contributed by atoms with Crippen LogP contribution in [0.2, 0.25) is 0 Å². The van der Waals surface area contributed by atoms with Crippen LogP contribution >= 0.6 is 0 Å². The molecule has 0 saturated heterocycles. The molecule has 21 heavy (non-hydrogen) atoms. The van der Waals surface area contributed by atoms with Crippen LogP contribution < -0.4 is 0 Å². The van der Waals surface area contributed by atoms with Crippen molar-refractivity contribution >= 4 is 23.1 Å². The summed E-state index contributed by atoms with van der Waals surface area (Å²) in [6.07, 6.45) is 5.70. The quantitative estimate of drug-likeness (QED) is 0.539. The molecule has 0 amide bonds. The van der Waals surface area contributed by atoms with E-state index in [1.807, 2.05) is 54.6 Å². The van der Waals surface area contributed by atoms with Crippen LogP contribution in [-0.2, 0) is 0 Å². The van der Waals surface area contributed by atoms with Crippen LogP contribution in [0.15, 0.2) is 65.3 Å². The number of hydrogen-bond acceptors (Lipinski definition) is 3. The molecule has 0 aliphatic carbocycles. The highest BCUT2D eigenvalue weighted by Gasteiger charge is 2.16. The Morgan fingerprint density at radius 2 is 1.62 bits per heavy atom. The minimum Gasteiger partial charge on any atom is -0.462 e. The number of nitrogens with zero attached hydrogens (tertiary/aromatic N) is 2. The van der Waals surface area contributed by atoms with Crippen LogP contribution in [0, 0.1) is 0 Å². The van der Waals surface area contributed by atoms with Gasteiger partial charge in [0, 0.05) is 10.9 Å². The van der Waals surface area contributed by atoms with Crippen molar-refractivity contribution in [1.82, 2.24) is 10.2 Å². The number of aromatic nitrogens is 2. The lowest BCUT2D eigenvalue weighted by molar-refractivity contribution is 0.603. The Morgan fingerprint density at radius 1 is 0.810 bits per heavy atom. The van der Waals surface area contributed by atoms with Gasteiger partial charge in [0.15, 0.2) is 0 Å². The molecule has 2 aliphatic rings. The van der Waals surface area contributed by atoms with E-state index in [9.17, 15) is 0 Å². The zero-order valence-corrected chi connectivity index (χ0v) is 11.2. The Labute approximate surface area is 121 Å². The smallest absolute Gasteiger partial charge is 0.134 e. The molecule has 0 aromatic heterocycles. The van der Waals surface area contributed by atoms with Gasteiger partial charge in [0.05, 0.1) is 5.69 Å². The number of fused-ring (bicyclic) bond motifs is 3. The number of para-hydroxylation sites is 1. The second kappa shape index (κ2) is 4.87. The van der Waals surface area contributed by atoms with Crippen molar-refractivity contribution in [2.75, 3.05) is 0 Å². The first-order chi connectivity index (χ1) is 10.4. The fourth-order valence-corrected chi connectivity index (χ4v) is 2.45. The normalized spacial score (nSPS) is 11.6. The lowest BCUT2D eigenvalue weighted by Crippen LogP contribution is -1.82. The molecule has 2 aromatic rings. The molecule has 0 radical (unpaired) electrons. The van der Waals surface area contributed by atoms with Crippen molar-refractivity contribution in [3.8, 4) is 11.3 Å². The molecule has 0 saturated carbocycles. The molecule has 0 fully saturated rings. The fourth-order valence-electron chi connectivity index (χ4n) is 2.45. The molecule has 100 valence electrons. The second-order valence-electron chi connectivity index (χ2n) is 4.82. The van der Waals surface area contributed by atoms with Gasteiger partial charge in [0.1, 0.15) is 17.5 Å². The van der Waals surface area contributed by atoms with Crippen molar-refractivity contribution < 1.29 is 4.42 Å². The first kappa shape index (κ1) is 11.9. The fraction of sp³-hybridized carbons (Fsp3) is 0. The topological polar surface area (TPSA) is 38.9 Å². The third kappa shape index (κ3) is 2.09. The van der Waals surface area contributed by atoms with Crippen molar-refractivity contribution in [2.24, 2.45) is 0 Å². The zero-order valence-electron chi connectivity index (χ0n) is 11.2. The van der Waals surface area contributed by atoms with Gasteiger partial charge in [-0.05, 0) is 17.7 Å². The van der Waals surface area contributed by atoms with E-state index in [-0.39, 0.29) is 0 Å². The molecule has 0 spiro atoms. The summed E-state index contributed by atoms with van der Waals surface area (Å²) in [5, 5.41) is 9.48. The first-order valence-corrected chi connectivity index (χ1v) is 6.77. The maximum atomic E-state index is 5.57. The maximum absolute atomic E-state index is 5.57. The summed E-state index contributed by atoms with van der Waals surface area (Å²) in [7, 11) is 0. The van der Waals surface area contributed by atoms with Gasteiger partial charge < -0.3 is 4.42 Å². The van der Waals surface area contributed by atoms with Crippen molar-refractivity contribution in [1.29, 1.82) is 0 Å². The van der Waals surface area contributed by atoms with Gasteiger partial charge >= 0.3 is 0 Å². The summed E-state index contributed by atoms with van der Waals surface area (Å²) in [5.41, 5.74) is 4.65. The van der Waals surface area contributed by atoms with Gasteiger partial charge in [-0.1, -0.05) is 54.6 Å². The van der Waals surface area contributed by atoms with E-state index in [1.54, 1.807) is 6.26 Å². The zero-order chi connectivity index (χ0) is 14.1. The highest BCUT2D eigenvalue weighted by molar-refractivity contribution is 5.97. The largest absolute Gasteiger partial charge is 0.462 e. The van der Waals surface area contributed by atoms with E-state index < -0.39 is 0 Å². The SMILES string of the molecule is C(=Cc1nnc2coc3ccccc3c1-2)c1ccccc1. The molecule has 0 N–H and O–H groups in total. The molecule has 2 aromatic carbocycles. The monoisotopic (exact) mass is 272 g/mol. The van der Waals surface area contributed by atoms with Crippen LogP contribution in [0.4, 0.5) is 0 Å². The van der Waals surface area contributed by atoms with Crippen molar-refractivity contribution in [2.45, 2.75) is 0 Å². The van der Waals surface area contributed by atoms with E-state index in [0.717, 1.165) is 33.5 Å². The Hall–Kier alpha value is -2.94. The lowest BCUT2D eigenvalue weighted by atomic mass is 10.0. The summed E-state index contributed by atoms with van der Waals surface area (Å²) < 4.78 is 5.57. The Morgan fingerprint density at radius 3 is 2.52 bits per heavy atom. The van der Waals surface area contributed by atoms with E-state index >= 15 is 0 Å². The minimum absolute atomic E-state index is 0.779. The summed E-state index contributed by atoms with van der Waals surface area (Å²) in [6.45, 7) is 0. The first-order valence-electron chi connectivity index (χ1n) is 6.77. The number of hydrogen-bond donors (Lipinski definition) is 0. The van der Waals surface area contributed by atoms with Gasteiger partial charge in [-0.15, -0.1) is 10.2 Å². The third-order valence-electron chi connectivity index (χ3n) is 3.46. The van der Waals surface area contributed by atoms with Crippen LogP contribution in [0.1, 0.15) is 11.3 Å². The van der Waals surface area contributed by atoms with Gasteiger partial charge in [0.2, 0.25) is 0 Å². The predicted molar refractivity (Wildman–Crippen MR) is 83.8 cm³/mol. The standard InChI is InChI=1S/C18H12N2O/c1-2-6-13(7-3-1)10-11-15-18-14-8-4-5-9-17(14)21-12-16(18)20-19-15/h1-12H. The van der Waals surface area contributed by atoms with Gasteiger partial charge in [-0.25, -0.2) is 0 Å². The minimum atomic E-state index is 0.779. The highest BCUT2D eigenvalue weighted by Crippen LogP contribution is 2.32. The highest BCUT2D eigenvalue weighted by atomic mass is 16.3. The maximum Gasteiger partial charge on any atom is 0.134 e. The number of rotatable bonds is 2. The molecule has 3 nitrogen and oxygen atoms in total. The average molecular weight is 272 g/mol. The Bertz CT molecular complexity index is 894. The van der Waals surface area contributed by atoms with E-state index in [0.29, 0.717) is 0 Å². The molecule has 0 unspecified atom stereocenters. The van der Waals surface area contributed by atoms with Crippen LogP contribution in [0.3, 0.4) is 0 Å². The van der Waals surface area contributed by atoms with E-state index in [2.05, 4.69) is 22.3 Å². The predicted octanol–water partition coefficient (Wildman–Crippen LogP) is 4.50. The molecular formula is C18H12N2O. The van der Waals surface area contributed by atoms with E-state index in [4.69, 9.17) is 4.42 Å². The van der Waals surface area contributed by atoms with Gasteiger partial charge in [-0.3, -0.25) is 0 Å². The summed E-state index contributed by atoms with van der Waals surface area (Å²) in [6, 6.07) is 18.1. The average Bonchev–Trinajstić information content (AvgIpc) is 2.97. The van der Waals surface area contributed by atoms with Crippen molar-refractivity contribution in [3.63, 3.8) is 0 Å². The Balaban J connectivity index is 1.86. The second-order valence-corrected chi connectivity index (χ2v) is 4.82. The molecule has 4 rings (SSSR count). The summed E-state index contributed by atoms with van der Waals surface area (Å²) in [4.78, 5) is 0. The third-order valence-corrected chi connectivity index (χ3v) is 3.46. The van der Waals surface area contributed by atoms with Crippen LogP contribution in [-0.4, -0.2) is 10.2 Å². The summed E-state index contributed by atoms with van der Waals surface area (Å²) in [5.74, 6) is 0. The van der Waals surface area contributed by atoms with E-state index in [1.165, 1.54) is 0 Å². The lowest BCUT2D eigenvalue weighted by Gasteiger charge is -2.02. The van der Waals surface area contributed by atoms with Crippen LogP contribution in [0.25, 0.3) is 34.4 Å². The number of benzene rings is 2.